The van der Waals surface area contributed by atoms with Crippen LogP contribution in [-0.4, -0.2) is 21.0 Å². The fourth-order valence-corrected chi connectivity index (χ4v) is 2.24. The molecule has 3 nitrogen and oxygen atoms in total. The first-order valence-corrected chi connectivity index (χ1v) is 6.44. The average molecular weight is 244 g/mol. The summed E-state index contributed by atoms with van der Waals surface area (Å²) >= 11 is 0. The molecule has 1 atom stereocenters. The number of hydrogen-bond donors (Lipinski definition) is 1. The van der Waals surface area contributed by atoms with Gasteiger partial charge in [-0.3, -0.25) is 4.68 Å². The third-order valence-electron chi connectivity index (χ3n) is 3.04. The number of aliphatic hydroxyl groups excluding tert-OH is 1. The Bertz CT molecular complexity index is 490. The van der Waals surface area contributed by atoms with Crippen molar-refractivity contribution in [1.29, 1.82) is 0 Å². The molecule has 3 heteroatoms. The Balaban J connectivity index is 2.00. The summed E-state index contributed by atoms with van der Waals surface area (Å²) in [5, 5.41) is 14.5. The van der Waals surface area contributed by atoms with E-state index in [0.29, 0.717) is 12.8 Å². The Morgan fingerprint density at radius 1 is 1.22 bits per heavy atom. The molecule has 2 rings (SSSR count). The Morgan fingerprint density at radius 2 is 1.94 bits per heavy atom. The topological polar surface area (TPSA) is 38.0 Å². The zero-order valence-electron chi connectivity index (χ0n) is 11.0. The van der Waals surface area contributed by atoms with Gasteiger partial charge in [-0.1, -0.05) is 30.3 Å². The van der Waals surface area contributed by atoms with Crippen LogP contribution in [0.25, 0.3) is 0 Å². The van der Waals surface area contributed by atoms with Gasteiger partial charge in [-0.15, -0.1) is 0 Å². The average Bonchev–Trinajstić information content (AvgIpc) is 2.70. The highest BCUT2D eigenvalue weighted by atomic mass is 16.3. The van der Waals surface area contributed by atoms with Gasteiger partial charge < -0.3 is 5.11 Å². The van der Waals surface area contributed by atoms with Crippen molar-refractivity contribution >= 4 is 0 Å². The minimum absolute atomic E-state index is 0.353. The van der Waals surface area contributed by atoms with Gasteiger partial charge in [-0.25, -0.2) is 0 Å². The molecule has 0 saturated heterocycles. The van der Waals surface area contributed by atoms with E-state index in [1.165, 1.54) is 5.56 Å². The molecule has 0 aliphatic rings. The third-order valence-corrected chi connectivity index (χ3v) is 3.04. The van der Waals surface area contributed by atoms with Gasteiger partial charge in [0.25, 0.3) is 0 Å². The Labute approximate surface area is 108 Å². The zero-order valence-corrected chi connectivity index (χ0v) is 11.0. The number of rotatable bonds is 5. The predicted octanol–water partition coefficient (Wildman–Crippen LogP) is 2.36. The number of aliphatic hydroxyl groups is 1. The minimum Gasteiger partial charge on any atom is -0.392 e. The first-order chi connectivity index (χ1) is 8.69. The molecular weight excluding hydrogens is 224 g/mol. The second-order valence-electron chi connectivity index (χ2n) is 4.64. The number of aromatic nitrogens is 2. The molecule has 96 valence electrons. The van der Waals surface area contributed by atoms with E-state index in [2.05, 4.69) is 18.1 Å². The van der Waals surface area contributed by atoms with Gasteiger partial charge in [0, 0.05) is 18.7 Å². The van der Waals surface area contributed by atoms with Gasteiger partial charge in [0.05, 0.1) is 11.8 Å². The van der Waals surface area contributed by atoms with E-state index >= 15 is 0 Å². The van der Waals surface area contributed by atoms with E-state index in [1.807, 2.05) is 41.9 Å². The highest BCUT2D eigenvalue weighted by Gasteiger charge is 2.11. The van der Waals surface area contributed by atoms with Gasteiger partial charge in [0.15, 0.2) is 0 Å². The number of hydrogen-bond acceptors (Lipinski definition) is 2. The molecule has 0 fully saturated rings. The highest BCUT2D eigenvalue weighted by molar-refractivity contribution is 5.17. The summed E-state index contributed by atoms with van der Waals surface area (Å²) in [6.45, 7) is 4.90. The van der Waals surface area contributed by atoms with Crippen LogP contribution in [0.3, 0.4) is 0 Å². The summed E-state index contributed by atoms with van der Waals surface area (Å²) < 4.78 is 1.96. The number of aryl methyl sites for hydroxylation is 2. The van der Waals surface area contributed by atoms with Gasteiger partial charge in [0.2, 0.25) is 0 Å². The Morgan fingerprint density at radius 3 is 2.61 bits per heavy atom. The zero-order chi connectivity index (χ0) is 13.0. The first kappa shape index (κ1) is 12.8. The van der Waals surface area contributed by atoms with Crippen molar-refractivity contribution in [2.45, 2.75) is 39.3 Å². The molecule has 0 bridgehead atoms. The monoisotopic (exact) mass is 244 g/mol. The van der Waals surface area contributed by atoms with E-state index in [4.69, 9.17) is 0 Å². The molecular formula is C15H20N2O. The van der Waals surface area contributed by atoms with Crippen LogP contribution in [0.15, 0.2) is 36.4 Å². The summed E-state index contributed by atoms with van der Waals surface area (Å²) in [5.41, 5.74) is 3.29. The fourth-order valence-electron chi connectivity index (χ4n) is 2.24. The maximum atomic E-state index is 10.1. The van der Waals surface area contributed by atoms with Crippen molar-refractivity contribution in [3.8, 4) is 0 Å². The maximum Gasteiger partial charge on any atom is 0.0635 e. The van der Waals surface area contributed by atoms with Crippen molar-refractivity contribution in [3.05, 3.63) is 53.3 Å². The van der Waals surface area contributed by atoms with Crippen LogP contribution in [0, 0.1) is 6.92 Å². The van der Waals surface area contributed by atoms with Crippen LogP contribution in [0.2, 0.25) is 0 Å². The molecule has 0 amide bonds. The summed E-state index contributed by atoms with van der Waals surface area (Å²) in [6, 6.07) is 12.1. The predicted molar refractivity (Wildman–Crippen MR) is 72.5 cm³/mol. The summed E-state index contributed by atoms with van der Waals surface area (Å²) in [6.07, 6.45) is 0.993. The molecule has 0 saturated carbocycles. The van der Waals surface area contributed by atoms with Gasteiger partial charge in [0.1, 0.15) is 0 Å². The second-order valence-corrected chi connectivity index (χ2v) is 4.64. The van der Waals surface area contributed by atoms with Crippen molar-refractivity contribution in [3.63, 3.8) is 0 Å². The van der Waals surface area contributed by atoms with E-state index in [0.717, 1.165) is 17.9 Å². The third kappa shape index (κ3) is 3.20. The SMILES string of the molecule is CCn1nc(C)cc1CC(O)Cc1ccccc1. The number of benzene rings is 1. The van der Waals surface area contributed by atoms with Gasteiger partial charge in [-0.05, 0) is 31.9 Å². The molecule has 0 radical (unpaired) electrons. The largest absolute Gasteiger partial charge is 0.392 e. The molecule has 18 heavy (non-hydrogen) atoms. The lowest BCUT2D eigenvalue weighted by Gasteiger charge is -2.11. The summed E-state index contributed by atoms with van der Waals surface area (Å²) in [7, 11) is 0. The quantitative estimate of drug-likeness (QED) is 0.876. The lowest BCUT2D eigenvalue weighted by atomic mass is 10.0. The molecule has 1 aromatic carbocycles. The second kappa shape index (κ2) is 5.83. The number of nitrogens with zero attached hydrogens (tertiary/aromatic N) is 2. The molecule has 0 aliphatic carbocycles. The van der Waals surface area contributed by atoms with Crippen molar-refractivity contribution in [1.82, 2.24) is 9.78 Å². The molecule has 0 aliphatic heterocycles. The van der Waals surface area contributed by atoms with Gasteiger partial charge >= 0.3 is 0 Å². The van der Waals surface area contributed by atoms with E-state index in [-0.39, 0.29) is 6.10 Å². The van der Waals surface area contributed by atoms with E-state index < -0.39 is 0 Å². The van der Waals surface area contributed by atoms with Crippen molar-refractivity contribution in [2.75, 3.05) is 0 Å². The fraction of sp³-hybridized carbons (Fsp3) is 0.400. The first-order valence-electron chi connectivity index (χ1n) is 6.44. The normalized spacial score (nSPS) is 12.6. The lowest BCUT2D eigenvalue weighted by molar-refractivity contribution is 0.172. The molecule has 0 spiro atoms. The summed E-state index contributed by atoms with van der Waals surface area (Å²) in [4.78, 5) is 0. The highest BCUT2D eigenvalue weighted by Crippen LogP contribution is 2.10. The Hall–Kier alpha value is -1.61. The molecule has 1 unspecified atom stereocenters. The maximum absolute atomic E-state index is 10.1. The Kier molecular flexibility index (Phi) is 4.15. The minimum atomic E-state index is -0.353. The van der Waals surface area contributed by atoms with Gasteiger partial charge in [-0.2, -0.15) is 5.10 Å². The van der Waals surface area contributed by atoms with Crippen LogP contribution in [0.1, 0.15) is 23.9 Å². The van der Waals surface area contributed by atoms with E-state index in [9.17, 15) is 5.11 Å². The van der Waals surface area contributed by atoms with Crippen LogP contribution in [0.5, 0.6) is 0 Å². The van der Waals surface area contributed by atoms with Crippen molar-refractivity contribution in [2.24, 2.45) is 0 Å². The van der Waals surface area contributed by atoms with E-state index in [1.54, 1.807) is 0 Å². The van der Waals surface area contributed by atoms with Crippen LogP contribution in [-0.2, 0) is 19.4 Å². The van der Waals surface area contributed by atoms with Crippen LogP contribution in [0.4, 0.5) is 0 Å². The lowest BCUT2D eigenvalue weighted by Crippen LogP contribution is -2.16. The summed E-state index contributed by atoms with van der Waals surface area (Å²) in [5.74, 6) is 0. The smallest absolute Gasteiger partial charge is 0.0635 e. The van der Waals surface area contributed by atoms with Crippen LogP contribution < -0.4 is 0 Å². The molecule has 1 heterocycles. The molecule has 1 N–H and O–H groups in total. The molecule has 2 aromatic rings. The molecule has 1 aromatic heterocycles. The standard InChI is InChI=1S/C15H20N2O/c1-3-17-14(9-12(2)16-17)11-15(18)10-13-7-5-4-6-8-13/h4-9,15,18H,3,10-11H2,1-2H3. The van der Waals surface area contributed by atoms with Crippen LogP contribution >= 0.6 is 0 Å². The van der Waals surface area contributed by atoms with Crippen molar-refractivity contribution < 1.29 is 5.11 Å².